The van der Waals surface area contributed by atoms with Gasteiger partial charge in [-0.1, -0.05) is 23.7 Å². The highest BCUT2D eigenvalue weighted by Gasteiger charge is 2.12. The maximum atomic E-state index is 12.1. The quantitative estimate of drug-likeness (QED) is 0.832. The van der Waals surface area contributed by atoms with E-state index in [1.165, 1.54) is 0 Å². The molecule has 0 aliphatic heterocycles. The van der Waals surface area contributed by atoms with Crippen LogP contribution < -0.4 is 10.6 Å². The molecule has 108 valence electrons. The Hall–Kier alpha value is -1.98. The summed E-state index contributed by atoms with van der Waals surface area (Å²) < 4.78 is 0. The van der Waals surface area contributed by atoms with E-state index in [0.717, 1.165) is 11.1 Å². The number of nitrogens with zero attached hydrogens (tertiary/aromatic N) is 1. The van der Waals surface area contributed by atoms with Crippen LogP contribution in [0.1, 0.15) is 21.5 Å². The standard InChI is InChI=1S/C15H14ClN3OS/c1-9-3-5-11(12(16)7-9)14(20)19-15(21)18-13-6-4-10(2)8-17-13/h3-8H,1-2H3,(H2,17,18,19,20,21). The van der Waals surface area contributed by atoms with E-state index < -0.39 is 0 Å². The third kappa shape index (κ3) is 4.24. The Morgan fingerprint density at radius 3 is 2.52 bits per heavy atom. The average molecular weight is 320 g/mol. The Labute approximate surface area is 133 Å². The summed E-state index contributed by atoms with van der Waals surface area (Å²) in [5.41, 5.74) is 2.41. The lowest BCUT2D eigenvalue weighted by Crippen LogP contribution is -2.34. The zero-order valence-corrected chi connectivity index (χ0v) is 13.2. The van der Waals surface area contributed by atoms with Crippen molar-refractivity contribution in [3.63, 3.8) is 0 Å². The van der Waals surface area contributed by atoms with Gasteiger partial charge >= 0.3 is 0 Å². The topological polar surface area (TPSA) is 54.0 Å². The van der Waals surface area contributed by atoms with Crippen molar-refractivity contribution in [3.05, 3.63) is 58.2 Å². The van der Waals surface area contributed by atoms with Gasteiger partial charge in [-0.25, -0.2) is 4.98 Å². The van der Waals surface area contributed by atoms with Gasteiger partial charge in [0.1, 0.15) is 5.82 Å². The fourth-order valence-electron chi connectivity index (χ4n) is 1.66. The number of hydrogen-bond acceptors (Lipinski definition) is 3. The molecule has 0 aliphatic carbocycles. The van der Waals surface area contributed by atoms with Crippen LogP contribution in [0.5, 0.6) is 0 Å². The lowest BCUT2D eigenvalue weighted by molar-refractivity contribution is 0.0978. The maximum absolute atomic E-state index is 12.1. The molecule has 1 aromatic carbocycles. The number of anilines is 1. The van der Waals surface area contributed by atoms with Gasteiger partial charge in [-0.05, 0) is 55.4 Å². The zero-order valence-electron chi connectivity index (χ0n) is 11.6. The molecule has 0 atom stereocenters. The van der Waals surface area contributed by atoms with Crippen molar-refractivity contribution in [1.82, 2.24) is 10.3 Å². The van der Waals surface area contributed by atoms with Crippen molar-refractivity contribution in [3.8, 4) is 0 Å². The number of thiocarbonyl (C=S) groups is 1. The molecule has 0 fully saturated rings. The van der Waals surface area contributed by atoms with Crippen LogP contribution in [0, 0.1) is 13.8 Å². The summed E-state index contributed by atoms with van der Waals surface area (Å²) in [5.74, 6) is 0.213. The first kappa shape index (κ1) is 15.4. The second-order valence-corrected chi connectivity index (χ2v) is 5.43. The Morgan fingerprint density at radius 2 is 1.90 bits per heavy atom. The summed E-state index contributed by atoms with van der Waals surface area (Å²) >= 11 is 11.1. The van der Waals surface area contributed by atoms with Crippen LogP contribution in [-0.2, 0) is 0 Å². The molecule has 1 aromatic heterocycles. The Kier molecular flexibility index (Phi) is 4.88. The molecule has 0 unspecified atom stereocenters. The summed E-state index contributed by atoms with van der Waals surface area (Å²) in [5, 5.41) is 5.99. The molecule has 0 saturated heterocycles. The number of nitrogens with one attached hydrogen (secondary N) is 2. The van der Waals surface area contributed by atoms with Gasteiger partial charge in [0.05, 0.1) is 10.6 Å². The monoisotopic (exact) mass is 319 g/mol. The molecular formula is C15H14ClN3OS. The molecule has 0 bridgehead atoms. The number of halogens is 1. The van der Waals surface area contributed by atoms with E-state index in [0.29, 0.717) is 16.4 Å². The SMILES string of the molecule is Cc1ccc(NC(=S)NC(=O)c2ccc(C)cc2Cl)nc1. The lowest BCUT2D eigenvalue weighted by Gasteiger charge is -2.10. The van der Waals surface area contributed by atoms with Gasteiger partial charge in [0.2, 0.25) is 0 Å². The maximum Gasteiger partial charge on any atom is 0.258 e. The second kappa shape index (κ2) is 6.65. The number of hydrogen-bond donors (Lipinski definition) is 2. The summed E-state index contributed by atoms with van der Waals surface area (Å²) in [6, 6.07) is 8.90. The van der Waals surface area contributed by atoms with Gasteiger partial charge in [0.15, 0.2) is 5.11 Å². The molecule has 1 heterocycles. The van der Waals surface area contributed by atoms with Crippen molar-refractivity contribution in [2.24, 2.45) is 0 Å². The smallest absolute Gasteiger partial charge is 0.258 e. The third-order valence-electron chi connectivity index (χ3n) is 2.75. The summed E-state index contributed by atoms with van der Waals surface area (Å²) in [6.45, 7) is 3.85. The van der Waals surface area contributed by atoms with Crippen molar-refractivity contribution in [2.75, 3.05) is 5.32 Å². The highest BCUT2D eigenvalue weighted by atomic mass is 35.5. The predicted molar refractivity (Wildman–Crippen MR) is 88.8 cm³/mol. The number of carbonyl (C=O) groups is 1. The number of carbonyl (C=O) groups excluding carboxylic acids is 1. The van der Waals surface area contributed by atoms with E-state index in [1.54, 1.807) is 24.4 Å². The minimum Gasteiger partial charge on any atom is -0.317 e. The number of aromatic nitrogens is 1. The van der Waals surface area contributed by atoms with Crippen molar-refractivity contribution in [2.45, 2.75) is 13.8 Å². The van der Waals surface area contributed by atoms with Crippen molar-refractivity contribution < 1.29 is 4.79 Å². The number of amides is 1. The van der Waals surface area contributed by atoms with Crippen molar-refractivity contribution in [1.29, 1.82) is 0 Å². The molecule has 2 N–H and O–H groups in total. The van der Waals surface area contributed by atoms with Crippen molar-refractivity contribution >= 4 is 40.7 Å². The fraction of sp³-hybridized carbons (Fsp3) is 0.133. The molecule has 0 radical (unpaired) electrons. The number of aryl methyl sites for hydroxylation is 2. The minimum absolute atomic E-state index is 0.174. The van der Waals surface area contributed by atoms with Gasteiger partial charge < -0.3 is 5.32 Å². The molecule has 1 amide bonds. The first-order valence-electron chi connectivity index (χ1n) is 6.27. The van der Waals surface area contributed by atoms with Crippen LogP contribution in [0.15, 0.2) is 36.5 Å². The normalized spacial score (nSPS) is 10.0. The molecule has 2 rings (SSSR count). The summed E-state index contributed by atoms with van der Waals surface area (Å²) in [7, 11) is 0. The van der Waals surface area contributed by atoms with Gasteiger partial charge in [-0.2, -0.15) is 0 Å². The van der Waals surface area contributed by atoms with Crippen LogP contribution in [0.4, 0.5) is 5.82 Å². The van der Waals surface area contributed by atoms with Gasteiger partial charge in [-0.3, -0.25) is 10.1 Å². The van der Waals surface area contributed by atoms with Crippen LogP contribution >= 0.6 is 23.8 Å². The number of benzene rings is 1. The van der Waals surface area contributed by atoms with Crippen LogP contribution in [0.3, 0.4) is 0 Å². The number of pyridine rings is 1. The molecule has 2 aromatic rings. The minimum atomic E-state index is -0.357. The Morgan fingerprint density at radius 1 is 1.19 bits per heavy atom. The molecule has 21 heavy (non-hydrogen) atoms. The van der Waals surface area contributed by atoms with Gasteiger partial charge in [0.25, 0.3) is 5.91 Å². The molecule has 0 saturated carbocycles. The highest BCUT2D eigenvalue weighted by molar-refractivity contribution is 7.80. The average Bonchev–Trinajstić information content (AvgIpc) is 2.41. The van der Waals surface area contributed by atoms with E-state index in [-0.39, 0.29) is 11.0 Å². The van der Waals surface area contributed by atoms with E-state index >= 15 is 0 Å². The third-order valence-corrected chi connectivity index (χ3v) is 3.27. The first-order valence-corrected chi connectivity index (χ1v) is 7.05. The van der Waals surface area contributed by atoms with E-state index in [9.17, 15) is 4.79 Å². The molecule has 6 heteroatoms. The molecule has 0 aliphatic rings. The molecule has 4 nitrogen and oxygen atoms in total. The van der Waals surface area contributed by atoms with Crippen LogP contribution in [0.25, 0.3) is 0 Å². The predicted octanol–water partition coefficient (Wildman–Crippen LogP) is 3.48. The Bertz CT molecular complexity index is 686. The Balaban J connectivity index is 2.02. The molecular weight excluding hydrogens is 306 g/mol. The lowest BCUT2D eigenvalue weighted by atomic mass is 10.1. The summed E-state index contributed by atoms with van der Waals surface area (Å²) in [4.78, 5) is 16.2. The fourth-order valence-corrected chi connectivity index (χ4v) is 2.18. The molecule has 0 spiro atoms. The summed E-state index contributed by atoms with van der Waals surface area (Å²) in [6.07, 6.45) is 1.71. The second-order valence-electron chi connectivity index (χ2n) is 4.61. The van der Waals surface area contributed by atoms with Crippen LogP contribution in [-0.4, -0.2) is 16.0 Å². The zero-order chi connectivity index (χ0) is 15.4. The number of rotatable bonds is 2. The van der Waals surface area contributed by atoms with E-state index in [2.05, 4.69) is 15.6 Å². The highest BCUT2D eigenvalue weighted by Crippen LogP contribution is 2.17. The van der Waals surface area contributed by atoms with E-state index in [4.69, 9.17) is 23.8 Å². The van der Waals surface area contributed by atoms with Gasteiger partial charge in [-0.15, -0.1) is 0 Å². The van der Waals surface area contributed by atoms with Gasteiger partial charge in [0, 0.05) is 6.20 Å². The largest absolute Gasteiger partial charge is 0.317 e. The van der Waals surface area contributed by atoms with Crippen LogP contribution in [0.2, 0.25) is 5.02 Å². The van der Waals surface area contributed by atoms with E-state index in [1.807, 2.05) is 26.0 Å². The first-order chi connectivity index (χ1) is 9.95.